The molecule has 6 aromatic heterocycles. The number of aromatic nitrogens is 8. The highest BCUT2D eigenvalue weighted by molar-refractivity contribution is 9.10. The Morgan fingerprint density at radius 1 is 0.293 bits per heavy atom. The van der Waals surface area contributed by atoms with Gasteiger partial charge < -0.3 is 4.74 Å². The van der Waals surface area contributed by atoms with Crippen molar-refractivity contribution in [3.63, 3.8) is 0 Å². The number of pyridine rings is 4. The molecule has 800 valence electrons. The van der Waals surface area contributed by atoms with Crippen molar-refractivity contribution in [2.45, 2.75) is 217 Å². The summed E-state index contributed by atoms with van der Waals surface area (Å²) in [6.45, 7) is 40.1. The summed E-state index contributed by atoms with van der Waals surface area (Å²) in [5.74, 6) is -9.78. The predicted octanol–water partition coefficient (Wildman–Crippen LogP) is 40.4. The summed E-state index contributed by atoms with van der Waals surface area (Å²) in [6, 6.07) is 52.1. The van der Waals surface area contributed by atoms with Crippen molar-refractivity contribution in [2.75, 3.05) is 0 Å². The molecule has 0 saturated carbocycles. The lowest BCUT2D eigenvalue weighted by molar-refractivity contribution is -0.275. The highest BCUT2D eigenvalue weighted by Crippen LogP contribution is 2.43. The fraction of sp³-hybridized carbons (Fsp3) is 0.287. The van der Waals surface area contributed by atoms with Gasteiger partial charge in [0, 0.05) is 97.8 Å². The highest BCUT2D eigenvalue weighted by atomic mass is 79.9. The number of rotatable bonds is 16. The van der Waals surface area contributed by atoms with Gasteiger partial charge in [-0.25, -0.2) is 72.0 Å². The molecular formula is C115H112Br2Cl5F19N8O. The SMILES string of the molecule is CC(C)c1ccc(F)c(-c2c(F)cc(F)cc2Cl)c1F.CC(C)c1ccc(F)c(-c2c(F)cc(F)cc2Cl)c1F.CC(C)c1cccc(-c2c(F)cccc2Cl)c1F.CC(C)c1cccc(-c2ccccc2Cl)c1F.CC(C)c1cccc(-c2ncccc2Cl)c1F.CC(C)c1cccc(Br)n1.CC(C)c1cccc(C(F)(F)F)n1.CC(C)c1cccnn1.CC(C)c1cncc(OC(F)(F)F)c1F.Cc1ncc(C(C)C)nc1Br. The van der Waals surface area contributed by atoms with Gasteiger partial charge in [0.05, 0.1) is 60.2 Å². The number of alkyl halides is 6. The molecule has 0 saturated heterocycles. The molecule has 15 rings (SSSR count). The molecule has 0 bridgehead atoms. The van der Waals surface area contributed by atoms with E-state index in [4.69, 9.17) is 58.0 Å². The van der Waals surface area contributed by atoms with Crippen molar-refractivity contribution in [3.05, 3.63) is 415 Å². The average molecular weight is 2320 g/mol. The third-order valence-electron chi connectivity index (χ3n) is 21.8. The van der Waals surface area contributed by atoms with E-state index in [0.29, 0.717) is 79.8 Å². The Bertz CT molecular complexity index is 6660. The first-order chi connectivity index (χ1) is 70.2. The minimum Gasteiger partial charge on any atom is -0.401 e. The van der Waals surface area contributed by atoms with Crippen LogP contribution in [0.3, 0.4) is 0 Å². The van der Waals surface area contributed by atoms with Crippen LogP contribution in [0.4, 0.5) is 83.4 Å². The summed E-state index contributed by atoms with van der Waals surface area (Å²) >= 11 is 36.2. The van der Waals surface area contributed by atoms with E-state index in [1.54, 1.807) is 121 Å². The Morgan fingerprint density at radius 2 is 0.693 bits per heavy atom. The maximum atomic E-state index is 14.4. The van der Waals surface area contributed by atoms with Crippen molar-refractivity contribution in [1.82, 2.24) is 40.1 Å². The van der Waals surface area contributed by atoms with Crippen LogP contribution in [-0.2, 0) is 6.18 Å². The van der Waals surface area contributed by atoms with Crippen LogP contribution in [0.5, 0.6) is 5.75 Å². The zero-order chi connectivity index (χ0) is 113. The maximum absolute atomic E-state index is 14.4. The fourth-order valence-corrected chi connectivity index (χ4v) is 15.7. The lowest BCUT2D eigenvalue weighted by Gasteiger charge is -2.14. The van der Waals surface area contributed by atoms with Gasteiger partial charge in [-0.3, -0.25) is 15.0 Å². The normalized spacial score (nSPS) is 11.1. The maximum Gasteiger partial charge on any atom is 0.573 e. The Kier molecular flexibility index (Phi) is 50.6. The Balaban J connectivity index is 0.000000256. The van der Waals surface area contributed by atoms with Gasteiger partial charge >= 0.3 is 12.5 Å². The lowest BCUT2D eigenvalue weighted by atomic mass is 9.95. The van der Waals surface area contributed by atoms with Crippen LogP contribution >= 0.6 is 89.9 Å². The van der Waals surface area contributed by atoms with E-state index in [0.717, 1.165) is 73.4 Å². The van der Waals surface area contributed by atoms with E-state index in [2.05, 4.69) is 118 Å². The highest BCUT2D eigenvalue weighted by Gasteiger charge is 2.35. The average Bonchev–Trinajstić information content (AvgIpc) is 0.765. The molecule has 6 heterocycles. The molecule has 35 heteroatoms. The molecule has 0 radical (unpaired) electrons. The number of hydrogen-bond donors (Lipinski definition) is 0. The van der Waals surface area contributed by atoms with Gasteiger partial charge in [-0.05, 0) is 223 Å². The summed E-state index contributed by atoms with van der Waals surface area (Å²) in [6.07, 6.45) is -2.24. The zero-order valence-electron chi connectivity index (χ0n) is 85.6. The van der Waals surface area contributed by atoms with Crippen LogP contribution < -0.4 is 4.74 Å². The van der Waals surface area contributed by atoms with E-state index in [1.807, 2.05) is 135 Å². The Hall–Kier alpha value is -11.4. The second-order valence-electron chi connectivity index (χ2n) is 36.5. The fourth-order valence-electron chi connectivity index (χ4n) is 13.7. The van der Waals surface area contributed by atoms with E-state index >= 15 is 0 Å². The molecule has 0 N–H and O–H groups in total. The van der Waals surface area contributed by atoms with Crippen molar-refractivity contribution >= 4 is 89.9 Å². The van der Waals surface area contributed by atoms with Crippen molar-refractivity contribution < 1.29 is 88.2 Å². The number of halogens is 26. The van der Waals surface area contributed by atoms with Crippen LogP contribution in [0.2, 0.25) is 25.1 Å². The van der Waals surface area contributed by atoms with Gasteiger partial charge in [0.2, 0.25) is 0 Å². The third kappa shape index (κ3) is 37.6. The Morgan fingerprint density at radius 3 is 1.11 bits per heavy atom. The minimum atomic E-state index is -4.90. The smallest absolute Gasteiger partial charge is 0.401 e. The molecule has 0 aliphatic rings. The van der Waals surface area contributed by atoms with Crippen LogP contribution in [0.25, 0.3) is 55.8 Å². The molecule has 150 heavy (non-hydrogen) atoms. The monoisotopic (exact) mass is 2310 g/mol. The van der Waals surface area contributed by atoms with Crippen molar-refractivity contribution in [3.8, 4) is 61.5 Å². The molecule has 9 nitrogen and oxygen atoms in total. The molecule has 0 atom stereocenters. The molecule has 0 spiro atoms. The van der Waals surface area contributed by atoms with Crippen LogP contribution in [-0.4, -0.2) is 46.5 Å². The first-order valence-electron chi connectivity index (χ1n) is 47.0. The van der Waals surface area contributed by atoms with E-state index < -0.39 is 110 Å². The molecule has 0 fully saturated rings. The number of aryl methyl sites for hydroxylation is 1. The van der Waals surface area contributed by atoms with E-state index in [-0.39, 0.29) is 95.9 Å². The molecule has 0 aliphatic carbocycles. The number of ether oxygens (including phenoxy) is 1. The van der Waals surface area contributed by atoms with Gasteiger partial charge in [0.15, 0.2) is 11.6 Å². The number of benzene rings is 9. The van der Waals surface area contributed by atoms with Crippen LogP contribution in [0, 0.1) is 82.5 Å². The summed E-state index contributed by atoms with van der Waals surface area (Å²) in [5, 5.41) is 8.20. The summed E-state index contributed by atoms with van der Waals surface area (Å²) in [5.41, 5.74) is 6.87. The van der Waals surface area contributed by atoms with Gasteiger partial charge in [-0.15, -0.1) is 13.2 Å². The summed E-state index contributed by atoms with van der Waals surface area (Å²) in [7, 11) is 0. The minimum absolute atomic E-state index is 0.0160. The Labute approximate surface area is 905 Å². The summed E-state index contributed by atoms with van der Waals surface area (Å²) < 4.78 is 258. The second kappa shape index (κ2) is 59.6. The summed E-state index contributed by atoms with van der Waals surface area (Å²) in [4.78, 5) is 23.9. The number of hydrogen-bond acceptors (Lipinski definition) is 9. The molecule has 9 aromatic carbocycles. The lowest BCUT2D eigenvalue weighted by Crippen LogP contribution is -2.18. The first-order valence-corrected chi connectivity index (χ1v) is 50.4. The first kappa shape index (κ1) is 127. The van der Waals surface area contributed by atoms with Gasteiger partial charge in [0.25, 0.3) is 0 Å². The van der Waals surface area contributed by atoms with Crippen LogP contribution in [0.1, 0.15) is 265 Å². The standard InChI is InChI=1S/2C15H11ClF4.C15H13ClF2.C15H14ClF.C14H13ClFN.C9H9F4NO.C9H10F3N.C8H11BrN2.C8H10BrN.C7H10N2/c2*1-7(2)9-3-4-11(18)14(15(9)20)13-10(16)5-8(17)6-12(13)19;1-9(2)10-5-3-6-11(15(10)18)14-12(16)7-4-8-13(14)17;1-10(2)11-7-5-8-13(15(11)17)12-6-3-4-9-14(12)16;1-9(2)10-5-3-6-11(13(10)16)14-12(15)7-4-8-17-14;1-5(2)6-3-14-4-7(8(6)10)15-9(11,12)13;1-6(2)7-4-3-5-8(13-7)9(10,11)12;1-5(2)7-4-10-6(3)8(9)11-7;1-6(2)7-4-3-5-8(9)10-7;1-6(2)7-4-3-5-8-9-7/h2*3-7H,1-2H3;3-9H,1-2H3;3-10H,1-2H3;3-9H,1-2H3;3-5H,1-2H3;3-6H,1-2H3;4-5H,1-3H3;3-6H,1-2H3;3-6H,1-2H3. The molecule has 0 aliphatic heterocycles. The number of nitrogens with zero attached hydrogens (tertiary/aromatic N) is 8. The molecule has 0 amide bonds. The van der Waals surface area contributed by atoms with Crippen molar-refractivity contribution in [1.29, 1.82) is 0 Å². The predicted molar refractivity (Wildman–Crippen MR) is 571 cm³/mol. The molecule has 0 unspecified atom stereocenters. The van der Waals surface area contributed by atoms with Gasteiger partial charge in [-0.2, -0.15) is 23.4 Å². The second-order valence-corrected chi connectivity index (χ2v) is 40.1. The third-order valence-corrected chi connectivity index (χ3v) is 24.5. The zero-order valence-corrected chi connectivity index (χ0v) is 92.6. The van der Waals surface area contributed by atoms with E-state index in [9.17, 15) is 83.4 Å². The van der Waals surface area contributed by atoms with Crippen molar-refractivity contribution in [2.24, 2.45) is 0 Å². The molecule has 15 aromatic rings. The quantitative estimate of drug-likeness (QED) is 0.0689. The van der Waals surface area contributed by atoms with Gasteiger partial charge in [-0.1, -0.05) is 294 Å². The largest absolute Gasteiger partial charge is 0.573 e. The van der Waals surface area contributed by atoms with Gasteiger partial charge in [0.1, 0.15) is 84.7 Å². The van der Waals surface area contributed by atoms with E-state index in [1.165, 1.54) is 36.5 Å². The molecular weight excluding hydrogens is 2210 g/mol. The van der Waals surface area contributed by atoms with Crippen LogP contribution in [0.15, 0.2) is 246 Å². The topological polar surface area (TPSA) is 112 Å².